The summed E-state index contributed by atoms with van der Waals surface area (Å²) in [5.41, 5.74) is -0.0787. The number of rotatable bonds is 14. The van der Waals surface area contributed by atoms with Crippen LogP contribution in [0.5, 0.6) is 0 Å². The fourth-order valence-corrected chi connectivity index (χ4v) is 3.82. The Morgan fingerprint density at radius 1 is 0.655 bits per heavy atom. The summed E-state index contributed by atoms with van der Waals surface area (Å²) in [6.07, 6.45) is 11.5. The maximum atomic E-state index is 12.3. The van der Waals surface area contributed by atoms with Crippen LogP contribution in [-0.2, 0) is 6.42 Å². The van der Waals surface area contributed by atoms with Crippen LogP contribution >= 0.6 is 0 Å². The van der Waals surface area contributed by atoms with E-state index in [-0.39, 0.29) is 0 Å². The van der Waals surface area contributed by atoms with Gasteiger partial charge in [-0.05, 0) is 32.1 Å². The molecule has 1 aromatic rings. The second kappa shape index (κ2) is 15.8. The standard InChI is InChI=1S/C16H36N.C8H9BF3/c1-5-9-13-17(14-10-6-2,15-11-7-3)16-12-8-4;1-2-7-5-3-4-6-8(7)9(10,11)12/h5-16H2,1-4H3;3-6H,2H2,1H3/q+1;-1. The summed E-state index contributed by atoms with van der Waals surface area (Å²) in [6, 6.07) is 5.71. The van der Waals surface area contributed by atoms with Gasteiger partial charge in [-0.25, -0.2) is 0 Å². The van der Waals surface area contributed by atoms with E-state index in [4.69, 9.17) is 0 Å². The van der Waals surface area contributed by atoms with E-state index >= 15 is 0 Å². The molecule has 0 saturated heterocycles. The minimum absolute atomic E-state index is 0.380. The van der Waals surface area contributed by atoms with Gasteiger partial charge in [-0.1, -0.05) is 90.1 Å². The highest BCUT2D eigenvalue weighted by atomic mass is 19.4. The molecule has 5 heteroatoms. The van der Waals surface area contributed by atoms with E-state index in [2.05, 4.69) is 27.7 Å². The number of unbranched alkanes of at least 4 members (excludes halogenated alkanes) is 4. The van der Waals surface area contributed by atoms with Gasteiger partial charge in [0.05, 0.1) is 26.2 Å². The van der Waals surface area contributed by atoms with Crippen molar-refractivity contribution in [2.75, 3.05) is 26.2 Å². The quantitative estimate of drug-likeness (QED) is 0.221. The molecule has 170 valence electrons. The molecular formula is C24H45BF3N. The Morgan fingerprint density at radius 2 is 1.03 bits per heavy atom. The Bertz CT molecular complexity index is 480. The lowest BCUT2D eigenvalue weighted by Crippen LogP contribution is -2.50. The van der Waals surface area contributed by atoms with Crippen molar-refractivity contribution in [2.24, 2.45) is 0 Å². The van der Waals surface area contributed by atoms with E-state index in [9.17, 15) is 12.9 Å². The maximum absolute atomic E-state index is 12.3. The lowest BCUT2D eigenvalue weighted by atomic mass is 9.76. The summed E-state index contributed by atoms with van der Waals surface area (Å²) in [5, 5.41) is 0. The number of quaternary nitrogens is 1. The smallest absolute Gasteiger partial charge is 0.445 e. The van der Waals surface area contributed by atoms with Gasteiger partial charge in [-0.3, -0.25) is 0 Å². The molecule has 0 aliphatic heterocycles. The summed E-state index contributed by atoms with van der Waals surface area (Å²) >= 11 is 0. The van der Waals surface area contributed by atoms with Crippen LogP contribution in [0.4, 0.5) is 12.9 Å². The van der Waals surface area contributed by atoms with Gasteiger partial charge in [0.2, 0.25) is 0 Å². The lowest BCUT2D eigenvalue weighted by Gasteiger charge is -2.39. The number of halogens is 3. The van der Waals surface area contributed by atoms with Crippen molar-refractivity contribution < 1.29 is 17.4 Å². The van der Waals surface area contributed by atoms with Crippen molar-refractivity contribution in [3.8, 4) is 0 Å². The van der Waals surface area contributed by atoms with Crippen LogP contribution in [0.25, 0.3) is 0 Å². The largest absolute Gasteiger partial charge is 0.509 e. The van der Waals surface area contributed by atoms with Gasteiger partial charge < -0.3 is 17.4 Å². The predicted octanol–water partition coefficient (Wildman–Crippen LogP) is 7.31. The molecule has 0 amide bonds. The Hall–Kier alpha value is -0.965. The van der Waals surface area contributed by atoms with Gasteiger partial charge in [-0.2, -0.15) is 0 Å². The fourth-order valence-electron chi connectivity index (χ4n) is 3.82. The number of benzene rings is 1. The van der Waals surface area contributed by atoms with E-state index in [0.717, 1.165) is 6.07 Å². The van der Waals surface area contributed by atoms with Gasteiger partial charge in [-0.15, -0.1) is 5.46 Å². The number of nitrogens with zero attached hydrogens (tertiary/aromatic N) is 1. The van der Waals surface area contributed by atoms with Gasteiger partial charge in [0.25, 0.3) is 0 Å². The molecule has 0 aliphatic rings. The monoisotopic (exact) mass is 415 g/mol. The van der Waals surface area contributed by atoms with Crippen molar-refractivity contribution in [2.45, 2.75) is 92.4 Å². The zero-order valence-electron chi connectivity index (χ0n) is 19.7. The Labute approximate surface area is 178 Å². The normalized spacial score (nSPS) is 11.9. The van der Waals surface area contributed by atoms with Crippen LogP contribution in [-0.4, -0.2) is 37.6 Å². The molecule has 0 aromatic heterocycles. The topological polar surface area (TPSA) is 0 Å². The van der Waals surface area contributed by atoms with E-state index < -0.39 is 12.4 Å². The summed E-state index contributed by atoms with van der Waals surface area (Å²) in [5.74, 6) is 0. The SMILES string of the molecule is CCCC[N+](CCCC)(CCCC)CCCC.CCc1ccccc1[B-](F)(F)F. The molecule has 0 spiro atoms. The molecule has 0 aliphatic carbocycles. The third kappa shape index (κ3) is 11.7. The zero-order chi connectivity index (χ0) is 22.2. The average molecular weight is 415 g/mol. The molecule has 0 radical (unpaired) electrons. The third-order valence-electron chi connectivity index (χ3n) is 5.73. The van der Waals surface area contributed by atoms with Crippen molar-refractivity contribution in [3.63, 3.8) is 0 Å². The van der Waals surface area contributed by atoms with Crippen LogP contribution in [0, 0.1) is 0 Å². The summed E-state index contributed by atoms with van der Waals surface area (Å²) < 4.78 is 38.3. The third-order valence-corrected chi connectivity index (χ3v) is 5.73. The van der Waals surface area contributed by atoms with Crippen LogP contribution in [0.2, 0.25) is 0 Å². The van der Waals surface area contributed by atoms with E-state index in [0.29, 0.717) is 12.0 Å². The molecule has 0 heterocycles. The first-order chi connectivity index (χ1) is 13.8. The van der Waals surface area contributed by atoms with Crippen LogP contribution in [0.15, 0.2) is 24.3 Å². The number of hydrogen-bond acceptors (Lipinski definition) is 0. The molecule has 0 saturated carbocycles. The highest BCUT2D eigenvalue weighted by Crippen LogP contribution is 2.16. The van der Waals surface area contributed by atoms with Crippen LogP contribution < -0.4 is 5.46 Å². The number of hydrogen-bond donors (Lipinski definition) is 0. The van der Waals surface area contributed by atoms with Crippen molar-refractivity contribution >= 4 is 12.4 Å². The molecule has 0 atom stereocenters. The summed E-state index contributed by atoms with van der Waals surface area (Å²) in [6.45, 7) is 11.9. The molecule has 1 aromatic carbocycles. The minimum atomic E-state index is -4.84. The Kier molecular flexibility index (Phi) is 15.3. The van der Waals surface area contributed by atoms with Crippen molar-refractivity contribution in [1.29, 1.82) is 0 Å². The van der Waals surface area contributed by atoms with Gasteiger partial charge in [0.15, 0.2) is 0 Å². The first-order valence-corrected chi connectivity index (χ1v) is 11.9. The first kappa shape index (κ1) is 28.0. The maximum Gasteiger partial charge on any atom is 0.509 e. The molecule has 29 heavy (non-hydrogen) atoms. The second-order valence-corrected chi connectivity index (χ2v) is 8.28. The predicted molar refractivity (Wildman–Crippen MR) is 124 cm³/mol. The molecule has 1 nitrogen and oxygen atoms in total. The van der Waals surface area contributed by atoms with E-state index in [1.807, 2.05) is 0 Å². The lowest BCUT2D eigenvalue weighted by molar-refractivity contribution is -0.929. The first-order valence-electron chi connectivity index (χ1n) is 11.9. The van der Waals surface area contributed by atoms with Crippen LogP contribution in [0.3, 0.4) is 0 Å². The highest BCUT2D eigenvalue weighted by molar-refractivity contribution is 6.74. The van der Waals surface area contributed by atoms with Gasteiger partial charge in [0, 0.05) is 0 Å². The highest BCUT2D eigenvalue weighted by Gasteiger charge is 2.27. The fraction of sp³-hybridized carbons (Fsp3) is 0.750. The molecule has 0 unspecified atom stereocenters. The van der Waals surface area contributed by atoms with Gasteiger partial charge >= 0.3 is 6.98 Å². The minimum Gasteiger partial charge on any atom is -0.445 e. The molecular weight excluding hydrogens is 370 g/mol. The Balaban J connectivity index is 0.000000571. The summed E-state index contributed by atoms with van der Waals surface area (Å²) in [7, 11) is 0. The van der Waals surface area contributed by atoms with Gasteiger partial charge in [0.1, 0.15) is 0 Å². The Morgan fingerprint density at radius 3 is 1.31 bits per heavy atom. The van der Waals surface area contributed by atoms with Crippen LogP contribution in [0.1, 0.15) is 91.5 Å². The van der Waals surface area contributed by atoms with Crippen molar-refractivity contribution in [3.05, 3.63) is 29.8 Å². The zero-order valence-corrected chi connectivity index (χ0v) is 19.7. The number of aryl methyl sites for hydroxylation is 1. The van der Waals surface area contributed by atoms with E-state index in [1.54, 1.807) is 13.0 Å². The molecule has 0 fully saturated rings. The average Bonchev–Trinajstić information content (AvgIpc) is 2.72. The molecule has 0 N–H and O–H groups in total. The molecule has 0 bridgehead atoms. The molecule has 1 rings (SSSR count). The second-order valence-electron chi connectivity index (χ2n) is 8.28. The van der Waals surface area contributed by atoms with Crippen molar-refractivity contribution in [1.82, 2.24) is 0 Å². The summed E-state index contributed by atoms with van der Waals surface area (Å²) in [4.78, 5) is 0. The van der Waals surface area contributed by atoms with E-state index in [1.165, 1.54) is 94.2 Å².